The van der Waals surface area contributed by atoms with Crippen LogP contribution in [-0.2, 0) is 4.79 Å². The number of nitrogens with zero attached hydrogens (tertiary/aromatic N) is 4. The van der Waals surface area contributed by atoms with Gasteiger partial charge in [-0.1, -0.05) is 47.1 Å². The van der Waals surface area contributed by atoms with Gasteiger partial charge in [-0.15, -0.1) is 5.10 Å². The van der Waals surface area contributed by atoms with Gasteiger partial charge in [-0.25, -0.2) is 0 Å². The Bertz CT molecular complexity index is 915. The lowest BCUT2D eigenvalue weighted by Crippen LogP contribution is -2.15. The molecule has 1 amide bonds. The van der Waals surface area contributed by atoms with Crippen molar-refractivity contribution in [2.45, 2.75) is 12.1 Å². The van der Waals surface area contributed by atoms with Gasteiger partial charge in [0.05, 0.1) is 11.4 Å². The average molecular weight is 394 g/mol. The van der Waals surface area contributed by atoms with E-state index in [2.05, 4.69) is 20.8 Å². The molecule has 3 rings (SSSR count). The minimum absolute atomic E-state index is 0.160. The first-order chi connectivity index (χ1) is 12.0. The van der Waals surface area contributed by atoms with Gasteiger partial charge in [0, 0.05) is 15.7 Å². The number of anilines is 1. The fraction of sp³-hybridized carbons (Fsp3) is 0.125. The third kappa shape index (κ3) is 4.50. The minimum atomic E-state index is -0.170. The number of hydrogen-bond donors (Lipinski definition) is 1. The van der Waals surface area contributed by atoms with Gasteiger partial charge in [-0.2, -0.15) is 4.68 Å². The summed E-state index contributed by atoms with van der Waals surface area (Å²) in [5, 5.41) is 16.0. The zero-order chi connectivity index (χ0) is 17.8. The zero-order valence-electron chi connectivity index (χ0n) is 13.1. The quantitative estimate of drug-likeness (QED) is 0.662. The Morgan fingerprint density at radius 3 is 2.80 bits per heavy atom. The molecule has 6 nitrogen and oxygen atoms in total. The van der Waals surface area contributed by atoms with Crippen molar-refractivity contribution in [1.82, 2.24) is 20.2 Å². The molecule has 1 heterocycles. The van der Waals surface area contributed by atoms with E-state index in [9.17, 15) is 4.79 Å². The highest BCUT2D eigenvalue weighted by Gasteiger charge is 2.12. The summed E-state index contributed by atoms with van der Waals surface area (Å²) in [6.07, 6.45) is 0. The topological polar surface area (TPSA) is 72.7 Å². The summed E-state index contributed by atoms with van der Waals surface area (Å²) < 4.78 is 1.54. The van der Waals surface area contributed by atoms with Gasteiger partial charge < -0.3 is 5.32 Å². The van der Waals surface area contributed by atoms with Crippen LogP contribution < -0.4 is 5.32 Å². The molecule has 0 bridgehead atoms. The summed E-state index contributed by atoms with van der Waals surface area (Å²) in [6.45, 7) is 1.90. The van der Waals surface area contributed by atoms with Gasteiger partial charge in [0.2, 0.25) is 11.1 Å². The minimum Gasteiger partial charge on any atom is -0.325 e. The summed E-state index contributed by atoms with van der Waals surface area (Å²) in [5.74, 6) is -0.0107. The normalized spacial score (nSPS) is 10.7. The van der Waals surface area contributed by atoms with Gasteiger partial charge in [0.15, 0.2) is 0 Å². The van der Waals surface area contributed by atoms with E-state index in [-0.39, 0.29) is 11.7 Å². The first-order valence-corrected chi connectivity index (χ1v) is 9.00. The number of amides is 1. The van der Waals surface area contributed by atoms with Crippen molar-refractivity contribution in [1.29, 1.82) is 0 Å². The molecule has 0 radical (unpaired) electrons. The van der Waals surface area contributed by atoms with E-state index < -0.39 is 0 Å². The number of nitrogens with one attached hydrogen (secondary N) is 1. The van der Waals surface area contributed by atoms with Crippen molar-refractivity contribution >= 4 is 46.6 Å². The Labute approximate surface area is 158 Å². The van der Waals surface area contributed by atoms with Crippen molar-refractivity contribution in [3.8, 4) is 5.69 Å². The Hall–Kier alpha value is -2.09. The molecule has 25 heavy (non-hydrogen) atoms. The lowest BCUT2D eigenvalue weighted by atomic mass is 10.2. The number of carbonyl (C=O) groups is 1. The van der Waals surface area contributed by atoms with Crippen LogP contribution in [0, 0.1) is 6.92 Å². The van der Waals surface area contributed by atoms with Crippen molar-refractivity contribution < 1.29 is 4.79 Å². The largest absolute Gasteiger partial charge is 0.325 e. The molecular formula is C16H13Cl2N5OS. The second-order valence-electron chi connectivity index (χ2n) is 5.15. The lowest BCUT2D eigenvalue weighted by Gasteiger charge is -2.09. The van der Waals surface area contributed by atoms with Crippen molar-refractivity contribution in [3.05, 3.63) is 58.1 Å². The van der Waals surface area contributed by atoms with Crippen LogP contribution in [0.15, 0.2) is 47.6 Å². The molecule has 0 aliphatic rings. The molecule has 0 aliphatic carbocycles. The number of carbonyl (C=O) groups excluding carboxylic acids is 1. The number of aromatic nitrogens is 4. The van der Waals surface area contributed by atoms with Crippen molar-refractivity contribution in [2.24, 2.45) is 0 Å². The van der Waals surface area contributed by atoms with Gasteiger partial charge in [0.1, 0.15) is 0 Å². The molecule has 3 aromatic rings. The van der Waals surface area contributed by atoms with E-state index in [1.807, 2.05) is 25.1 Å². The van der Waals surface area contributed by atoms with Crippen LogP contribution in [0.1, 0.15) is 5.56 Å². The number of halogens is 2. The molecule has 128 valence electrons. The van der Waals surface area contributed by atoms with E-state index in [0.717, 1.165) is 11.3 Å². The Morgan fingerprint density at radius 1 is 1.20 bits per heavy atom. The van der Waals surface area contributed by atoms with Crippen LogP contribution in [0.4, 0.5) is 5.69 Å². The van der Waals surface area contributed by atoms with Crippen LogP contribution in [-0.4, -0.2) is 31.9 Å². The molecule has 0 unspecified atom stereocenters. The van der Waals surface area contributed by atoms with E-state index in [1.165, 1.54) is 16.4 Å². The molecule has 9 heteroatoms. The van der Waals surface area contributed by atoms with Crippen LogP contribution in [0.25, 0.3) is 5.69 Å². The van der Waals surface area contributed by atoms with Crippen molar-refractivity contribution in [2.75, 3.05) is 11.1 Å². The molecule has 1 N–H and O–H groups in total. The van der Waals surface area contributed by atoms with E-state index >= 15 is 0 Å². The third-order valence-electron chi connectivity index (χ3n) is 3.30. The maximum absolute atomic E-state index is 12.2. The van der Waals surface area contributed by atoms with Crippen LogP contribution in [0.2, 0.25) is 10.0 Å². The maximum atomic E-state index is 12.2. The zero-order valence-corrected chi connectivity index (χ0v) is 15.4. The Morgan fingerprint density at radius 2 is 2.00 bits per heavy atom. The van der Waals surface area contributed by atoms with Gasteiger partial charge >= 0.3 is 0 Å². The molecule has 1 aromatic heterocycles. The van der Waals surface area contributed by atoms with E-state index in [0.29, 0.717) is 20.9 Å². The van der Waals surface area contributed by atoms with E-state index in [4.69, 9.17) is 23.2 Å². The molecule has 0 aliphatic heterocycles. The fourth-order valence-corrected chi connectivity index (χ4v) is 3.13. The highest BCUT2D eigenvalue weighted by Crippen LogP contribution is 2.22. The number of thioether (sulfide) groups is 1. The first-order valence-electron chi connectivity index (χ1n) is 7.26. The molecule has 0 saturated heterocycles. The number of rotatable bonds is 5. The Kier molecular flexibility index (Phi) is 5.57. The van der Waals surface area contributed by atoms with Gasteiger partial charge in [0.25, 0.3) is 0 Å². The summed E-state index contributed by atoms with van der Waals surface area (Å²) in [6, 6.07) is 12.5. The SMILES string of the molecule is Cc1ccc(Cl)cc1NC(=O)CSc1nnnn1-c1cccc(Cl)c1. The summed E-state index contributed by atoms with van der Waals surface area (Å²) in [4.78, 5) is 12.2. The fourth-order valence-electron chi connectivity index (χ4n) is 2.08. The lowest BCUT2D eigenvalue weighted by molar-refractivity contribution is -0.113. The molecule has 0 saturated carbocycles. The molecule has 0 fully saturated rings. The summed E-state index contributed by atoms with van der Waals surface area (Å²) in [5.41, 5.74) is 2.35. The Balaban J connectivity index is 1.67. The summed E-state index contributed by atoms with van der Waals surface area (Å²) >= 11 is 13.2. The monoisotopic (exact) mass is 393 g/mol. The number of hydrogen-bond acceptors (Lipinski definition) is 5. The highest BCUT2D eigenvalue weighted by molar-refractivity contribution is 7.99. The average Bonchev–Trinajstić information content (AvgIpc) is 3.05. The smallest absolute Gasteiger partial charge is 0.234 e. The molecule has 0 atom stereocenters. The number of benzene rings is 2. The number of aryl methyl sites for hydroxylation is 1. The first kappa shape index (κ1) is 17.7. The predicted molar refractivity (Wildman–Crippen MR) is 99.7 cm³/mol. The molecular weight excluding hydrogens is 381 g/mol. The van der Waals surface area contributed by atoms with Crippen LogP contribution in [0.5, 0.6) is 0 Å². The van der Waals surface area contributed by atoms with Crippen molar-refractivity contribution in [3.63, 3.8) is 0 Å². The standard InChI is InChI=1S/C16H13Cl2N5OS/c1-10-5-6-12(18)8-14(10)19-15(24)9-25-16-20-21-22-23(16)13-4-2-3-11(17)7-13/h2-8H,9H2,1H3,(H,19,24). The van der Waals surface area contributed by atoms with Gasteiger partial charge in [-0.3, -0.25) is 4.79 Å². The highest BCUT2D eigenvalue weighted by atomic mass is 35.5. The molecule has 2 aromatic carbocycles. The molecule has 0 spiro atoms. The van der Waals surface area contributed by atoms with E-state index in [1.54, 1.807) is 24.3 Å². The van der Waals surface area contributed by atoms with Gasteiger partial charge in [-0.05, 0) is 53.2 Å². The predicted octanol–water partition coefficient (Wildman–Crippen LogP) is 4.01. The third-order valence-corrected chi connectivity index (χ3v) is 4.69. The van der Waals surface area contributed by atoms with Crippen LogP contribution in [0.3, 0.4) is 0 Å². The maximum Gasteiger partial charge on any atom is 0.234 e. The second-order valence-corrected chi connectivity index (χ2v) is 6.96. The second kappa shape index (κ2) is 7.86. The summed E-state index contributed by atoms with van der Waals surface area (Å²) in [7, 11) is 0. The van der Waals surface area contributed by atoms with Crippen LogP contribution >= 0.6 is 35.0 Å². The number of tetrazole rings is 1.